The molecule has 2 rings (SSSR count). The maximum absolute atomic E-state index is 11.2. The molecule has 1 saturated heterocycles. The average molecular weight is 358 g/mol. The molecular formula is C14H18N2O9. The second-order valence-electron chi connectivity index (χ2n) is 5.50. The van der Waals surface area contributed by atoms with Gasteiger partial charge >= 0.3 is 0 Å². The van der Waals surface area contributed by atoms with Gasteiger partial charge < -0.3 is 25.2 Å². The van der Waals surface area contributed by atoms with Gasteiger partial charge in [0.15, 0.2) is 0 Å². The molecule has 1 aliphatic rings. The molecule has 0 unspecified atom stereocenters. The van der Waals surface area contributed by atoms with Crippen molar-refractivity contribution in [1.29, 1.82) is 0 Å². The first-order chi connectivity index (χ1) is 11.7. The quantitative estimate of drug-likeness (QED) is 0.303. The topological polar surface area (TPSA) is 172 Å². The molecule has 25 heavy (non-hydrogen) atoms. The van der Waals surface area contributed by atoms with E-state index < -0.39 is 47.6 Å². The lowest BCUT2D eigenvalue weighted by molar-refractivity contribution is -0.387. The molecule has 5 N–H and O–H groups in total. The summed E-state index contributed by atoms with van der Waals surface area (Å²) in [5.41, 5.74) is 1.74. The third-order valence-corrected chi connectivity index (χ3v) is 3.78. The first-order valence-electron chi connectivity index (χ1n) is 7.25. The van der Waals surface area contributed by atoms with Crippen LogP contribution in [0.4, 0.5) is 5.69 Å². The molecule has 1 aliphatic heterocycles. The summed E-state index contributed by atoms with van der Waals surface area (Å²) in [4.78, 5) is 26.5. The Labute approximate surface area is 141 Å². The lowest BCUT2D eigenvalue weighted by Gasteiger charge is -2.47. The Bertz CT molecular complexity index is 636. The minimum atomic E-state index is -2.20. The first kappa shape index (κ1) is 19.2. The fourth-order valence-corrected chi connectivity index (χ4v) is 2.49. The number of nitrogens with one attached hydrogen (secondary N) is 1. The van der Waals surface area contributed by atoms with Crippen LogP contribution in [0.25, 0.3) is 0 Å². The second-order valence-corrected chi connectivity index (χ2v) is 5.50. The number of hydroxylamine groups is 1. The summed E-state index contributed by atoms with van der Waals surface area (Å²) in [5.74, 6) is -2.86. The Morgan fingerprint density at radius 3 is 2.40 bits per heavy atom. The number of amides is 1. The minimum absolute atomic E-state index is 0.0174. The van der Waals surface area contributed by atoms with E-state index in [4.69, 9.17) is 9.57 Å². The van der Waals surface area contributed by atoms with Gasteiger partial charge in [0, 0.05) is 24.6 Å². The van der Waals surface area contributed by atoms with Crippen LogP contribution in [0.15, 0.2) is 24.3 Å². The van der Waals surface area contributed by atoms with E-state index in [9.17, 15) is 35.3 Å². The number of non-ortho nitro benzene ring substituents is 1. The van der Waals surface area contributed by atoms with Gasteiger partial charge in [-0.3, -0.25) is 14.9 Å². The largest absolute Gasteiger partial charge is 0.394 e. The van der Waals surface area contributed by atoms with Crippen molar-refractivity contribution in [1.82, 2.24) is 5.48 Å². The highest BCUT2D eigenvalue weighted by Crippen LogP contribution is 2.39. The number of hydrogen-bond donors (Lipinski definition) is 5. The second kappa shape index (κ2) is 7.39. The number of hydrogen-bond acceptors (Lipinski definition) is 9. The van der Waals surface area contributed by atoms with Crippen molar-refractivity contribution < 1.29 is 39.7 Å². The molecule has 11 heteroatoms. The van der Waals surface area contributed by atoms with E-state index in [1.165, 1.54) is 12.1 Å². The van der Waals surface area contributed by atoms with Crippen LogP contribution in [-0.2, 0) is 20.2 Å². The summed E-state index contributed by atoms with van der Waals surface area (Å²) in [6, 6.07) is 4.61. The van der Waals surface area contributed by atoms with Crippen LogP contribution in [0.1, 0.15) is 12.5 Å². The van der Waals surface area contributed by atoms with Gasteiger partial charge in [-0.25, -0.2) is 10.3 Å². The van der Waals surface area contributed by atoms with Gasteiger partial charge in [-0.1, -0.05) is 0 Å². The molecule has 1 aromatic rings. The van der Waals surface area contributed by atoms with Crippen LogP contribution >= 0.6 is 0 Å². The van der Waals surface area contributed by atoms with Crippen LogP contribution < -0.4 is 5.48 Å². The number of nitro benzene ring substituents is 1. The number of ether oxygens (including phenoxy) is 1. The molecule has 0 bridgehead atoms. The van der Waals surface area contributed by atoms with E-state index in [1.807, 2.05) is 5.48 Å². The highest BCUT2D eigenvalue weighted by molar-refractivity contribution is 5.71. The number of benzene rings is 1. The predicted octanol–water partition coefficient (Wildman–Crippen LogP) is -1.71. The molecule has 138 valence electrons. The zero-order valence-electron chi connectivity index (χ0n) is 13.1. The minimum Gasteiger partial charge on any atom is -0.394 e. The summed E-state index contributed by atoms with van der Waals surface area (Å²) >= 11 is 0. The molecule has 11 nitrogen and oxygen atoms in total. The third kappa shape index (κ3) is 3.61. The molecule has 1 heterocycles. The predicted molar refractivity (Wildman–Crippen MR) is 79.7 cm³/mol. The van der Waals surface area contributed by atoms with E-state index >= 15 is 0 Å². The Hall–Kier alpha value is -2.15. The smallest absolute Gasteiger partial charge is 0.269 e. The molecule has 1 fully saturated rings. The summed E-state index contributed by atoms with van der Waals surface area (Å²) in [6.07, 6.45) is -6.62. The van der Waals surface area contributed by atoms with Crippen LogP contribution in [-0.4, -0.2) is 62.3 Å². The van der Waals surface area contributed by atoms with Gasteiger partial charge in [-0.2, -0.15) is 0 Å². The molecular weight excluding hydrogens is 340 g/mol. The van der Waals surface area contributed by atoms with Crippen molar-refractivity contribution in [2.75, 3.05) is 6.61 Å². The van der Waals surface area contributed by atoms with Gasteiger partial charge in [-0.15, -0.1) is 0 Å². The van der Waals surface area contributed by atoms with Crippen molar-refractivity contribution in [2.45, 2.75) is 37.1 Å². The Morgan fingerprint density at radius 2 is 1.92 bits per heavy atom. The average Bonchev–Trinajstić information content (AvgIpc) is 2.59. The summed E-state index contributed by atoms with van der Waals surface area (Å²) in [7, 11) is 0. The molecule has 0 spiro atoms. The monoisotopic (exact) mass is 358 g/mol. The Kier molecular flexibility index (Phi) is 5.67. The van der Waals surface area contributed by atoms with Crippen LogP contribution in [0.2, 0.25) is 0 Å². The molecule has 1 amide bonds. The number of rotatable bonds is 5. The van der Waals surface area contributed by atoms with E-state index in [-0.39, 0.29) is 11.3 Å². The van der Waals surface area contributed by atoms with Gasteiger partial charge in [0.2, 0.25) is 11.7 Å². The maximum atomic E-state index is 11.2. The van der Waals surface area contributed by atoms with Crippen LogP contribution in [0, 0.1) is 10.1 Å². The lowest BCUT2D eigenvalue weighted by atomic mass is 9.88. The highest BCUT2D eigenvalue weighted by Gasteiger charge is 2.56. The van der Waals surface area contributed by atoms with Crippen molar-refractivity contribution in [3.05, 3.63) is 39.9 Å². The van der Waals surface area contributed by atoms with E-state index in [1.54, 1.807) is 0 Å². The van der Waals surface area contributed by atoms with E-state index in [2.05, 4.69) is 0 Å². The number of nitro groups is 1. The highest BCUT2D eigenvalue weighted by atomic mass is 16.8. The maximum Gasteiger partial charge on any atom is 0.269 e. The molecule has 1 aromatic carbocycles. The number of aliphatic hydroxyl groups excluding tert-OH is 4. The summed E-state index contributed by atoms with van der Waals surface area (Å²) in [5, 5.41) is 50.4. The fraction of sp³-hybridized carbons (Fsp3) is 0.500. The lowest BCUT2D eigenvalue weighted by Crippen LogP contribution is -2.65. The molecule has 0 radical (unpaired) electrons. The molecule has 0 aliphatic carbocycles. The zero-order chi connectivity index (χ0) is 18.8. The molecule has 0 saturated carbocycles. The van der Waals surface area contributed by atoms with Gasteiger partial charge in [0.1, 0.15) is 24.4 Å². The van der Waals surface area contributed by atoms with Gasteiger partial charge in [0.25, 0.3) is 5.69 Å². The standard InChI is InChI=1S/C14H18N2O9/c1-7(18)15-25-14(8-2-4-9(5-3-8)16(22)23)13(21)12(20)11(19)10(6-17)24-14/h2-5,10-13,17,19-21H,6H2,1H3,(H,15,18)/t10-,11+,12+,13-,14-/m1/s1. The van der Waals surface area contributed by atoms with E-state index in [0.717, 1.165) is 19.1 Å². The normalized spacial score (nSPS) is 32.2. The Balaban J connectivity index is 2.48. The van der Waals surface area contributed by atoms with Crippen LogP contribution in [0.5, 0.6) is 0 Å². The van der Waals surface area contributed by atoms with Gasteiger partial charge in [-0.05, 0) is 12.1 Å². The number of nitrogens with zero attached hydrogens (tertiary/aromatic N) is 1. The number of aliphatic hydroxyl groups is 4. The molecule has 0 aromatic heterocycles. The van der Waals surface area contributed by atoms with Crippen molar-refractivity contribution in [3.8, 4) is 0 Å². The third-order valence-electron chi connectivity index (χ3n) is 3.78. The number of carbonyl (C=O) groups excluding carboxylic acids is 1. The SMILES string of the molecule is CC(=O)NO[C@@]1(c2ccc([N+](=O)[O-])cc2)O[C@H](CO)[C@H](O)[C@H](O)[C@H]1O. The number of carbonyl (C=O) groups is 1. The van der Waals surface area contributed by atoms with Crippen LogP contribution in [0.3, 0.4) is 0 Å². The zero-order valence-corrected chi connectivity index (χ0v) is 13.1. The fourth-order valence-electron chi connectivity index (χ4n) is 2.49. The van der Waals surface area contributed by atoms with Crippen molar-refractivity contribution in [2.24, 2.45) is 0 Å². The van der Waals surface area contributed by atoms with E-state index in [0.29, 0.717) is 0 Å². The summed E-state index contributed by atoms with van der Waals surface area (Å²) < 4.78 is 5.44. The first-order valence-corrected chi connectivity index (χ1v) is 7.25. The Morgan fingerprint density at radius 1 is 1.32 bits per heavy atom. The molecule has 5 atom stereocenters. The summed E-state index contributed by atoms with van der Waals surface area (Å²) in [6.45, 7) is 0.399. The van der Waals surface area contributed by atoms with Crippen molar-refractivity contribution >= 4 is 11.6 Å². The van der Waals surface area contributed by atoms with Gasteiger partial charge in [0.05, 0.1) is 11.5 Å². The van der Waals surface area contributed by atoms with Crippen molar-refractivity contribution in [3.63, 3.8) is 0 Å².